The molecule has 0 amide bonds. The standard InChI is InChI=1S/C13H22N4O/c1-10(2)7-17(8-11-4-3-5-14-11)12-6-13(18)16-9-15-12/h6,9-11,14H,3-5,7-8H2,1-2H3,(H,15,16,18). The van der Waals surface area contributed by atoms with Crippen molar-refractivity contribution in [1.29, 1.82) is 0 Å². The molecule has 1 unspecified atom stereocenters. The third-order valence-electron chi connectivity index (χ3n) is 3.18. The van der Waals surface area contributed by atoms with Gasteiger partial charge in [-0.05, 0) is 25.3 Å². The zero-order chi connectivity index (χ0) is 13.0. The molecule has 2 rings (SSSR count). The van der Waals surface area contributed by atoms with Crippen molar-refractivity contribution in [2.24, 2.45) is 5.92 Å². The molecule has 18 heavy (non-hydrogen) atoms. The highest BCUT2D eigenvalue weighted by Gasteiger charge is 2.19. The predicted molar refractivity (Wildman–Crippen MR) is 72.9 cm³/mol. The first-order valence-electron chi connectivity index (χ1n) is 6.68. The Morgan fingerprint density at radius 1 is 1.56 bits per heavy atom. The fraction of sp³-hybridized carbons (Fsp3) is 0.692. The number of rotatable bonds is 5. The van der Waals surface area contributed by atoms with Crippen LogP contribution in [-0.4, -0.2) is 35.6 Å². The lowest BCUT2D eigenvalue weighted by molar-refractivity contribution is 0.537. The summed E-state index contributed by atoms with van der Waals surface area (Å²) in [5, 5.41) is 3.49. The first-order chi connectivity index (χ1) is 8.65. The van der Waals surface area contributed by atoms with Gasteiger partial charge in [0, 0.05) is 25.2 Å². The average Bonchev–Trinajstić information content (AvgIpc) is 2.80. The van der Waals surface area contributed by atoms with E-state index in [-0.39, 0.29) is 5.56 Å². The van der Waals surface area contributed by atoms with Crippen LogP contribution in [0.15, 0.2) is 17.2 Å². The number of hydrogen-bond acceptors (Lipinski definition) is 4. The van der Waals surface area contributed by atoms with Crippen LogP contribution >= 0.6 is 0 Å². The van der Waals surface area contributed by atoms with Crippen LogP contribution in [0.4, 0.5) is 5.82 Å². The minimum atomic E-state index is -0.0897. The van der Waals surface area contributed by atoms with E-state index in [9.17, 15) is 4.79 Å². The van der Waals surface area contributed by atoms with E-state index in [1.807, 2.05) is 0 Å². The Balaban J connectivity index is 2.10. The molecule has 0 aromatic carbocycles. The van der Waals surface area contributed by atoms with Crippen LogP contribution in [0, 0.1) is 5.92 Å². The van der Waals surface area contributed by atoms with Gasteiger partial charge in [0.1, 0.15) is 5.82 Å². The Hall–Kier alpha value is -1.36. The monoisotopic (exact) mass is 250 g/mol. The van der Waals surface area contributed by atoms with Crippen molar-refractivity contribution in [3.05, 3.63) is 22.7 Å². The minimum Gasteiger partial charge on any atom is -0.355 e. The third kappa shape index (κ3) is 3.57. The Morgan fingerprint density at radius 3 is 3.00 bits per heavy atom. The molecule has 5 heteroatoms. The average molecular weight is 250 g/mol. The van der Waals surface area contributed by atoms with E-state index in [1.54, 1.807) is 6.07 Å². The Bertz CT molecular complexity index is 423. The summed E-state index contributed by atoms with van der Waals surface area (Å²) in [7, 11) is 0. The smallest absolute Gasteiger partial charge is 0.252 e. The number of anilines is 1. The summed E-state index contributed by atoms with van der Waals surface area (Å²) in [6, 6.07) is 2.10. The number of aromatic amines is 1. The SMILES string of the molecule is CC(C)CN(CC1CCCN1)c1cc(=O)[nH]cn1. The van der Waals surface area contributed by atoms with Gasteiger partial charge in [-0.1, -0.05) is 13.8 Å². The van der Waals surface area contributed by atoms with E-state index in [0.717, 1.165) is 25.5 Å². The van der Waals surface area contributed by atoms with Gasteiger partial charge < -0.3 is 15.2 Å². The molecule has 1 fully saturated rings. The second kappa shape index (κ2) is 6.00. The molecule has 1 saturated heterocycles. The molecule has 0 aliphatic carbocycles. The second-order valence-corrected chi connectivity index (χ2v) is 5.36. The molecule has 1 aliphatic heterocycles. The van der Waals surface area contributed by atoms with Crippen molar-refractivity contribution in [2.45, 2.75) is 32.7 Å². The van der Waals surface area contributed by atoms with Gasteiger partial charge in [-0.15, -0.1) is 0 Å². The Kier molecular flexibility index (Phi) is 4.36. The van der Waals surface area contributed by atoms with Gasteiger partial charge in [-0.2, -0.15) is 0 Å². The van der Waals surface area contributed by atoms with E-state index < -0.39 is 0 Å². The molecule has 1 aliphatic rings. The lowest BCUT2D eigenvalue weighted by Crippen LogP contribution is -2.40. The lowest BCUT2D eigenvalue weighted by Gasteiger charge is -2.28. The van der Waals surface area contributed by atoms with E-state index in [4.69, 9.17) is 0 Å². The molecule has 0 spiro atoms. The van der Waals surface area contributed by atoms with Gasteiger partial charge in [0.2, 0.25) is 0 Å². The zero-order valence-corrected chi connectivity index (χ0v) is 11.1. The molecule has 0 bridgehead atoms. The van der Waals surface area contributed by atoms with Gasteiger partial charge in [0.15, 0.2) is 0 Å². The lowest BCUT2D eigenvalue weighted by atomic mass is 10.1. The van der Waals surface area contributed by atoms with Crippen LogP contribution in [0.3, 0.4) is 0 Å². The van der Waals surface area contributed by atoms with Gasteiger partial charge in [-0.3, -0.25) is 4.79 Å². The molecular formula is C13H22N4O. The number of H-pyrrole nitrogens is 1. The molecule has 0 radical (unpaired) electrons. The fourth-order valence-electron chi connectivity index (χ4n) is 2.41. The molecular weight excluding hydrogens is 228 g/mol. The van der Waals surface area contributed by atoms with E-state index in [2.05, 4.69) is 34.0 Å². The maximum absolute atomic E-state index is 11.4. The van der Waals surface area contributed by atoms with Crippen LogP contribution in [0.1, 0.15) is 26.7 Å². The van der Waals surface area contributed by atoms with Crippen molar-refractivity contribution in [3.8, 4) is 0 Å². The Morgan fingerprint density at radius 2 is 2.39 bits per heavy atom. The zero-order valence-electron chi connectivity index (χ0n) is 11.1. The van der Waals surface area contributed by atoms with Crippen LogP contribution < -0.4 is 15.8 Å². The quantitative estimate of drug-likeness (QED) is 0.818. The minimum absolute atomic E-state index is 0.0897. The molecule has 1 atom stereocenters. The molecule has 100 valence electrons. The van der Waals surface area contributed by atoms with E-state index in [1.165, 1.54) is 19.2 Å². The highest BCUT2D eigenvalue weighted by atomic mass is 16.1. The summed E-state index contributed by atoms with van der Waals surface area (Å²) in [5.41, 5.74) is -0.0897. The maximum Gasteiger partial charge on any atom is 0.252 e. The Labute approximate surface area is 108 Å². The molecule has 1 aromatic rings. The van der Waals surface area contributed by atoms with Crippen LogP contribution in [0.25, 0.3) is 0 Å². The van der Waals surface area contributed by atoms with Crippen molar-refractivity contribution in [3.63, 3.8) is 0 Å². The molecule has 0 saturated carbocycles. The highest BCUT2D eigenvalue weighted by molar-refractivity contribution is 5.36. The number of nitrogens with zero attached hydrogens (tertiary/aromatic N) is 2. The summed E-state index contributed by atoms with van der Waals surface area (Å²) >= 11 is 0. The van der Waals surface area contributed by atoms with Crippen LogP contribution in [-0.2, 0) is 0 Å². The van der Waals surface area contributed by atoms with E-state index in [0.29, 0.717) is 12.0 Å². The number of nitrogens with one attached hydrogen (secondary N) is 2. The van der Waals surface area contributed by atoms with Crippen molar-refractivity contribution < 1.29 is 0 Å². The summed E-state index contributed by atoms with van der Waals surface area (Å²) in [6.07, 6.45) is 3.92. The summed E-state index contributed by atoms with van der Waals surface area (Å²) < 4.78 is 0. The topological polar surface area (TPSA) is 61.0 Å². The first-order valence-corrected chi connectivity index (χ1v) is 6.68. The normalized spacial score (nSPS) is 19.4. The summed E-state index contributed by atoms with van der Waals surface area (Å²) in [6.45, 7) is 7.32. The molecule has 2 N–H and O–H groups in total. The van der Waals surface area contributed by atoms with Gasteiger partial charge in [0.25, 0.3) is 5.56 Å². The van der Waals surface area contributed by atoms with Crippen LogP contribution in [0.5, 0.6) is 0 Å². The van der Waals surface area contributed by atoms with Gasteiger partial charge in [0.05, 0.1) is 6.33 Å². The second-order valence-electron chi connectivity index (χ2n) is 5.36. The maximum atomic E-state index is 11.4. The van der Waals surface area contributed by atoms with Crippen molar-refractivity contribution >= 4 is 5.82 Å². The largest absolute Gasteiger partial charge is 0.355 e. The fourth-order valence-corrected chi connectivity index (χ4v) is 2.41. The number of hydrogen-bond donors (Lipinski definition) is 2. The van der Waals surface area contributed by atoms with Gasteiger partial charge >= 0.3 is 0 Å². The predicted octanol–water partition coefficient (Wildman–Crippen LogP) is 0.984. The first kappa shape index (κ1) is 13.1. The summed E-state index contributed by atoms with van der Waals surface area (Å²) in [5.74, 6) is 1.33. The van der Waals surface area contributed by atoms with Crippen LogP contribution in [0.2, 0.25) is 0 Å². The molecule has 5 nitrogen and oxygen atoms in total. The molecule has 1 aromatic heterocycles. The van der Waals surface area contributed by atoms with Gasteiger partial charge in [-0.25, -0.2) is 4.98 Å². The van der Waals surface area contributed by atoms with Crippen molar-refractivity contribution in [1.82, 2.24) is 15.3 Å². The van der Waals surface area contributed by atoms with E-state index >= 15 is 0 Å². The third-order valence-corrected chi connectivity index (χ3v) is 3.18. The number of aromatic nitrogens is 2. The highest BCUT2D eigenvalue weighted by Crippen LogP contribution is 2.14. The molecule has 2 heterocycles. The summed E-state index contributed by atoms with van der Waals surface area (Å²) in [4.78, 5) is 20.4. The van der Waals surface area contributed by atoms with Crippen molar-refractivity contribution in [2.75, 3.05) is 24.5 Å².